The molecular weight excluding hydrogens is 467 g/mol. The monoisotopic (exact) mass is 489 g/mol. The molecule has 0 spiro atoms. The van der Waals surface area contributed by atoms with Gasteiger partial charge in [0.15, 0.2) is 0 Å². The summed E-state index contributed by atoms with van der Waals surface area (Å²) in [6, 6.07) is 20.9. The lowest BCUT2D eigenvalue weighted by Gasteiger charge is -2.15. The second-order valence-electron chi connectivity index (χ2n) is 8.73. The highest BCUT2D eigenvalue weighted by Crippen LogP contribution is 2.32. The lowest BCUT2D eigenvalue weighted by molar-refractivity contribution is -0.137. The number of carbonyl (C=O) groups excluding carboxylic acids is 2. The van der Waals surface area contributed by atoms with Crippen LogP contribution in [0.15, 0.2) is 85.1 Å². The van der Waals surface area contributed by atoms with Crippen LogP contribution in [0.25, 0.3) is 11.1 Å². The van der Waals surface area contributed by atoms with Crippen molar-refractivity contribution in [3.05, 3.63) is 113 Å². The molecule has 1 aliphatic rings. The van der Waals surface area contributed by atoms with Crippen molar-refractivity contribution in [2.45, 2.75) is 19.3 Å². The van der Waals surface area contributed by atoms with Gasteiger partial charge in [0.25, 0.3) is 11.8 Å². The normalized spacial score (nSPS) is 12.9. The number of carbonyl (C=O) groups is 2. The van der Waals surface area contributed by atoms with Crippen molar-refractivity contribution in [3.63, 3.8) is 0 Å². The van der Waals surface area contributed by atoms with E-state index in [1.807, 2.05) is 24.3 Å². The number of rotatable bonds is 4. The van der Waals surface area contributed by atoms with Crippen molar-refractivity contribution in [1.29, 1.82) is 0 Å². The molecule has 8 heteroatoms. The highest BCUT2D eigenvalue weighted by molar-refractivity contribution is 6.09. The molecule has 2 amide bonds. The first-order chi connectivity index (χ1) is 17.2. The summed E-state index contributed by atoms with van der Waals surface area (Å²) in [7, 11) is 1.74. The Balaban J connectivity index is 1.35. The number of hydrogen-bond donors (Lipinski definition) is 1. The molecular formula is C28H22F3N3O2. The number of aryl methyl sites for hydroxylation is 1. The molecule has 182 valence electrons. The standard InChI is InChI=1S/C28H22F3N3O2/c1-33-17-22(14-25(33)27(36)34-15-19-6-2-3-7-20(19)16-34)32-26(35)24-9-5-4-8-23(24)18-10-12-21(13-11-18)28(29,30)31/h2-14,17H,15-16H2,1H3,(H,32,35). The first kappa shape index (κ1) is 23.4. The fraction of sp³-hybridized carbons (Fsp3) is 0.143. The number of anilines is 1. The Morgan fingerprint density at radius 3 is 2.11 bits per heavy atom. The lowest BCUT2D eigenvalue weighted by atomic mass is 9.98. The quantitative estimate of drug-likeness (QED) is 0.376. The van der Waals surface area contributed by atoms with E-state index in [0.29, 0.717) is 41.2 Å². The summed E-state index contributed by atoms with van der Waals surface area (Å²) in [5.74, 6) is -0.567. The number of nitrogens with zero attached hydrogens (tertiary/aromatic N) is 2. The summed E-state index contributed by atoms with van der Waals surface area (Å²) < 4.78 is 40.5. The Morgan fingerprint density at radius 1 is 0.861 bits per heavy atom. The zero-order chi connectivity index (χ0) is 25.4. The molecule has 5 rings (SSSR count). The Kier molecular flexibility index (Phi) is 5.88. The van der Waals surface area contributed by atoms with Crippen LogP contribution in [-0.4, -0.2) is 21.3 Å². The van der Waals surface area contributed by atoms with Gasteiger partial charge in [0.2, 0.25) is 0 Å². The van der Waals surface area contributed by atoms with E-state index in [-0.39, 0.29) is 5.91 Å². The number of hydrogen-bond acceptors (Lipinski definition) is 2. The van der Waals surface area contributed by atoms with Crippen LogP contribution in [0, 0.1) is 0 Å². The SMILES string of the molecule is Cn1cc(NC(=O)c2ccccc2-c2ccc(C(F)(F)F)cc2)cc1C(=O)N1Cc2ccccc2C1. The predicted octanol–water partition coefficient (Wildman–Crippen LogP) is 6.12. The third-order valence-corrected chi connectivity index (χ3v) is 6.30. The minimum absolute atomic E-state index is 0.139. The molecule has 0 unspecified atom stereocenters. The summed E-state index contributed by atoms with van der Waals surface area (Å²) in [6.07, 6.45) is -2.77. The highest BCUT2D eigenvalue weighted by atomic mass is 19.4. The van der Waals surface area contributed by atoms with E-state index in [1.54, 1.807) is 53.0 Å². The van der Waals surface area contributed by atoms with Crippen molar-refractivity contribution >= 4 is 17.5 Å². The number of aromatic nitrogens is 1. The minimum atomic E-state index is -4.43. The van der Waals surface area contributed by atoms with Crippen LogP contribution in [-0.2, 0) is 26.3 Å². The van der Waals surface area contributed by atoms with E-state index in [0.717, 1.165) is 23.3 Å². The summed E-state index contributed by atoms with van der Waals surface area (Å²) in [6.45, 7) is 1.06. The molecule has 1 aliphatic heterocycles. The van der Waals surface area contributed by atoms with E-state index in [9.17, 15) is 22.8 Å². The van der Waals surface area contributed by atoms with Gasteiger partial charge in [-0.25, -0.2) is 0 Å². The number of benzene rings is 3. The Bertz CT molecular complexity index is 1430. The number of amides is 2. The topological polar surface area (TPSA) is 54.3 Å². The van der Waals surface area contributed by atoms with Crippen molar-refractivity contribution in [2.24, 2.45) is 7.05 Å². The van der Waals surface area contributed by atoms with Gasteiger partial charge in [-0.05, 0) is 46.5 Å². The molecule has 0 atom stereocenters. The second-order valence-corrected chi connectivity index (χ2v) is 8.73. The molecule has 0 fully saturated rings. The Hall–Kier alpha value is -4.33. The summed E-state index contributed by atoms with van der Waals surface area (Å²) in [5.41, 5.74) is 3.68. The van der Waals surface area contributed by atoms with Crippen LogP contribution in [0.5, 0.6) is 0 Å². The molecule has 0 radical (unpaired) electrons. The molecule has 1 N–H and O–H groups in total. The van der Waals surface area contributed by atoms with Crippen molar-refractivity contribution in [2.75, 3.05) is 5.32 Å². The molecule has 1 aromatic heterocycles. The maximum absolute atomic E-state index is 13.2. The van der Waals surface area contributed by atoms with Gasteiger partial charge in [-0.1, -0.05) is 54.6 Å². The molecule has 3 aromatic carbocycles. The number of fused-ring (bicyclic) bond motifs is 1. The lowest BCUT2D eigenvalue weighted by Crippen LogP contribution is -2.27. The largest absolute Gasteiger partial charge is 0.416 e. The maximum atomic E-state index is 13.2. The van der Waals surface area contributed by atoms with Crippen LogP contribution in [0.2, 0.25) is 0 Å². The van der Waals surface area contributed by atoms with Gasteiger partial charge >= 0.3 is 6.18 Å². The van der Waals surface area contributed by atoms with Crippen molar-refractivity contribution < 1.29 is 22.8 Å². The third-order valence-electron chi connectivity index (χ3n) is 6.30. The molecule has 0 aliphatic carbocycles. The smallest absolute Gasteiger partial charge is 0.344 e. The van der Waals surface area contributed by atoms with Crippen molar-refractivity contribution in [1.82, 2.24) is 9.47 Å². The van der Waals surface area contributed by atoms with Crippen LogP contribution in [0.4, 0.5) is 18.9 Å². The van der Waals surface area contributed by atoms with Crippen LogP contribution in [0.1, 0.15) is 37.5 Å². The molecule has 0 saturated carbocycles. The van der Waals surface area contributed by atoms with Gasteiger partial charge in [0.05, 0.1) is 11.3 Å². The summed E-state index contributed by atoms with van der Waals surface area (Å²) >= 11 is 0. The average Bonchev–Trinajstić information content (AvgIpc) is 3.46. The molecule has 0 bridgehead atoms. The van der Waals surface area contributed by atoms with E-state index >= 15 is 0 Å². The summed E-state index contributed by atoms with van der Waals surface area (Å²) in [5, 5.41) is 2.82. The zero-order valence-corrected chi connectivity index (χ0v) is 19.3. The van der Waals surface area contributed by atoms with E-state index < -0.39 is 17.6 Å². The average molecular weight is 489 g/mol. The molecule has 2 heterocycles. The Labute approximate surface area is 205 Å². The van der Waals surface area contributed by atoms with Gasteiger partial charge in [-0.15, -0.1) is 0 Å². The van der Waals surface area contributed by atoms with E-state index in [2.05, 4.69) is 5.32 Å². The number of nitrogens with one attached hydrogen (secondary N) is 1. The predicted molar refractivity (Wildman–Crippen MR) is 130 cm³/mol. The van der Waals surface area contributed by atoms with E-state index in [4.69, 9.17) is 0 Å². The zero-order valence-electron chi connectivity index (χ0n) is 19.3. The first-order valence-electron chi connectivity index (χ1n) is 11.3. The third kappa shape index (κ3) is 4.49. The second kappa shape index (κ2) is 9.03. The van der Waals surface area contributed by atoms with Gasteiger partial charge in [0.1, 0.15) is 5.69 Å². The van der Waals surface area contributed by atoms with Gasteiger partial charge in [-0.3, -0.25) is 9.59 Å². The molecule has 36 heavy (non-hydrogen) atoms. The fourth-order valence-electron chi connectivity index (χ4n) is 4.45. The molecule has 0 saturated heterocycles. The molecule has 5 nitrogen and oxygen atoms in total. The van der Waals surface area contributed by atoms with Gasteiger partial charge < -0.3 is 14.8 Å². The van der Waals surface area contributed by atoms with Crippen LogP contribution in [0.3, 0.4) is 0 Å². The van der Waals surface area contributed by atoms with Crippen LogP contribution >= 0.6 is 0 Å². The summed E-state index contributed by atoms with van der Waals surface area (Å²) in [4.78, 5) is 28.0. The van der Waals surface area contributed by atoms with Gasteiger partial charge in [-0.2, -0.15) is 13.2 Å². The maximum Gasteiger partial charge on any atom is 0.416 e. The van der Waals surface area contributed by atoms with Crippen molar-refractivity contribution in [3.8, 4) is 11.1 Å². The fourth-order valence-corrected chi connectivity index (χ4v) is 4.45. The molecule has 4 aromatic rings. The minimum Gasteiger partial charge on any atom is -0.344 e. The Morgan fingerprint density at radius 2 is 1.47 bits per heavy atom. The van der Waals surface area contributed by atoms with Crippen LogP contribution < -0.4 is 5.32 Å². The first-order valence-corrected chi connectivity index (χ1v) is 11.3. The van der Waals surface area contributed by atoms with E-state index in [1.165, 1.54) is 12.1 Å². The highest BCUT2D eigenvalue weighted by Gasteiger charge is 2.30. The van der Waals surface area contributed by atoms with Gasteiger partial charge in [0, 0.05) is 31.9 Å². The number of halogens is 3. The number of alkyl halides is 3.